The quantitative estimate of drug-likeness (QED) is 0.0261. The van der Waals surface area contributed by atoms with Crippen molar-refractivity contribution in [2.24, 2.45) is 0 Å². The smallest absolute Gasteiger partial charge is 0.306 e. The van der Waals surface area contributed by atoms with Gasteiger partial charge in [0.25, 0.3) is 0 Å². The summed E-state index contributed by atoms with van der Waals surface area (Å²) in [5.74, 6) is -0.997. The molecule has 0 heterocycles. The number of carbonyl (C=O) groups excluding carboxylic acids is 3. The molecule has 0 saturated heterocycles. The molecule has 6 heteroatoms. The van der Waals surface area contributed by atoms with E-state index < -0.39 is 6.10 Å². The van der Waals surface area contributed by atoms with Crippen LogP contribution in [-0.4, -0.2) is 37.2 Å². The largest absolute Gasteiger partial charge is 0.462 e. The van der Waals surface area contributed by atoms with Gasteiger partial charge >= 0.3 is 17.9 Å². The zero-order valence-electron chi connectivity index (χ0n) is 53.4. The molecule has 0 aromatic rings. The van der Waals surface area contributed by atoms with Crippen molar-refractivity contribution in [3.8, 4) is 0 Å². The number of allylic oxidation sites excluding steroid dienone is 28. The molecule has 6 nitrogen and oxygen atoms in total. The average molecular weight is 1140 g/mol. The van der Waals surface area contributed by atoms with Crippen LogP contribution >= 0.6 is 0 Å². The van der Waals surface area contributed by atoms with Gasteiger partial charge in [0, 0.05) is 19.3 Å². The van der Waals surface area contributed by atoms with Gasteiger partial charge in [-0.05, 0) is 154 Å². The highest BCUT2D eigenvalue weighted by atomic mass is 16.6. The number of esters is 3. The molecule has 83 heavy (non-hydrogen) atoms. The molecule has 0 spiro atoms. The predicted octanol–water partition coefficient (Wildman–Crippen LogP) is 23.4. The van der Waals surface area contributed by atoms with Gasteiger partial charge < -0.3 is 14.2 Å². The van der Waals surface area contributed by atoms with Gasteiger partial charge in [-0.15, -0.1) is 0 Å². The van der Waals surface area contributed by atoms with E-state index >= 15 is 0 Å². The van der Waals surface area contributed by atoms with Crippen LogP contribution in [0, 0.1) is 0 Å². The van der Waals surface area contributed by atoms with Crippen LogP contribution in [0.3, 0.4) is 0 Å². The first kappa shape index (κ1) is 77.8. The van der Waals surface area contributed by atoms with E-state index in [1.807, 2.05) is 0 Å². The Bertz CT molecular complexity index is 1890. The SMILES string of the molecule is CC/C=C\C/C=C\C/C=C\C/C=C\C/C=C\C/C=C\C/C=C\CCCCCC(=O)OCC(COC(=O)CCCCCCCCCCC/C=C\CCCCCCCC)OC(=O)CCCC/C=C\C/C=C\C/C=C\C/C=C\C/C=C\C/C=C\CC. The zero-order valence-corrected chi connectivity index (χ0v) is 53.4. The van der Waals surface area contributed by atoms with Crippen molar-refractivity contribution in [3.63, 3.8) is 0 Å². The molecule has 0 rings (SSSR count). The standard InChI is InChI=1S/C77H122O6/c1-4-7-10-13-16-19-22-25-28-31-34-36-37-38-39-41-43-46-49-52-55-58-61-64-67-70-76(79)82-73-74(72-81-75(78)69-66-63-60-57-54-51-48-45-42-33-30-27-24-21-18-15-12-9-6-3)83-77(80)71-68-65-62-59-56-53-50-47-44-40-35-32-29-26-23-20-17-14-11-8-5-2/h7-8,10-11,16-17,19-20,25-30,34-36,38-40,43,46-47,50,52,55-56,59,74H,4-6,9,12-15,18,21-24,31-33,37,41-42,44-45,48-49,51,53-54,57-58,60-73H2,1-3H3/b10-7-,11-8-,19-16-,20-17-,28-25-,29-26-,30-27-,36-34-,39-38-,40-35-,46-43-,50-47-,55-52-,59-56-. The Kier molecular flexibility index (Phi) is 64.9. The number of rotatable bonds is 59. The van der Waals surface area contributed by atoms with Crippen molar-refractivity contribution >= 4 is 17.9 Å². The van der Waals surface area contributed by atoms with Gasteiger partial charge in [0.05, 0.1) is 0 Å². The minimum absolute atomic E-state index is 0.115. The van der Waals surface area contributed by atoms with Crippen molar-refractivity contribution < 1.29 is 28.6 Å². The van der Waals surface area contributed by atoms with E-state index in [4.69, 9.17) is 14.2 Å². The number of hydrogen-bond donors (Lipinski definition) is 0. The average Bonchev–Trinajstić information content (AvgIpc) is 3.50. The maximum absolute atomic E-state index is 12.9. The minimum atomic E-state index is -0.828. The third kappa shape index (κ3) is 67.4. The Morgan fingerprint density at radius 2 is 0.470 bits per heavy atom. The van der Waals surface area contributed by atoms with E-state index in [1.54, 1.807) is 0 Å². The van der Waals surface area contributed by atoms with Gasteiger partial charge in [0.15, 0.2) is 6.10 Å². The van der Waals surface area contributed by atoms with Crippen LogP contribution in [0.4, 0.5) is 0 Å². The van der Waals surface area contributed by atoms with E-state index in [0.29, 0.717) is 19.3 Å². The summed E-state index contributed by atoms with van der Waals surface area (Å²) < 4.78 is 16.9. The number of hydrogen-bond acceptors (Lipinski definition) is 6. The Hall–Kier alpha value is -5.23. The summed E-state index contributed by atoms with van der Waals surface area (Å²) >= 11 is 0. The lowest BCUT2D eigenvalue weighted by Crippen LogP contribution is -2.30. The minimum Gasteiger partial charge on any atom is -0.462 e. The molecule has 0 aliphatic rings. The normalized spacial score (nSPS) is 13.2. The van der Waals surface area contributed by atoms with Crippen molar-refractivity contribution in [3.05, 3.63) is 170 Å². The van der Waals surface area contributed by atoms with Gasteiger partial charge in [0.1, 0.15) is 13.2 Å². The van der Waals surface area contributed by atoms with Crippen LogP contribution in [0.15, 0.2) is 170 Å². The van der Waals surface area contributed by atoms with E-state index in [-0.39, 0.29) is 37.5 Å². The number of unbranched alkanes of at least 4 members (excludes halogenated alkanes) is 20. The van der Waals surface area contributed by atoms with Gasteiger partial charge in [0.2, 0.25) is 0 Å². The van der Waals surface area contributed by atoms with Crippen molar-refractivity contribution in [2.75, 3.05) is 13.2 Å². The van der Waals surface area contributed by atoms with Crippen LogP contribution in [0.1, 0.15) is 278 Å². The van der Waals surface area contributed by atoms with E-state index in [9.17, 15) is 14.4 Å². The zero-order chi connectivity index (χ0) is 59.9. The molecular formula is C77H122O6. The molecule has 0 fully saturated rings. The molecule has 0 aliphatic heterocycles. The maximum Gasteiger partial charge on any atom is 0.306 e. The molecule has 1 unspecified atom stereocenters. The molecule has 0 aromatic carbocycles. The molecular weight excluding hydrogens is 1020 g/mol. The highest BCUT2D eigenvalue weighted by Gasteiger charge is 2.19. The fourth-order valence-electron chi connectivity index (χ4n) is 8.71. The molecule has 466 valence electrons. The van der Waals surface area contributed by atoms with Crippen LogP contribution in [-0.2, 0) is 28.6 Å². The second-order valence-electron chi connectivity index (χ2n) is 21.6. The molecule has 1 atom stereocenters. The lowest BCUT2D eigenvalue weighted by molar-refractivity contribution is -0.167. The number of carbonyl (C=O) groups is 3. The molecule has 0 saturated carbocycles. The van der Waals surface area contributed by atoms with E-state index in [0.717, 1.165) is 141 Å². The molecule has 0 bridgehead atoms. The number of ether oxygens (including phenoxy) is 3. The summed E-state index contributed by atoms with van der Waals surface area (Å²) in [6, 6.07) is 0. The molecule has 0 amide bonds. The van der Waals surface area contributed by atoms with Crippen molar-refractivity contribution in [1.29, 1.82) is 0 Å². The molecule has 0 aromatic heterocycles. The summed E-state index contributed by atoms with van der Waals surface area (Å²) in [5.41, 5.74) is 0. The van der Waals surface area contributed by atoms with Crippen LogP contribution < -0.4 is 0 Å². The molecule has 0 radical (unpaired) electrons. The monoisotopic (exact) mass is 1140 g/mol. The van der Waals surface area contributed by atoms with Crippen molar-refractivity contribution in [1.82, 2.24) is 0 Å². The third-order valence-electron chi connectivity index (χ3n) is 13.7. The van der Waals surface area contributed by atoms with E-state index in [2.05, 4.69) is 191 Å². The fraction of sp³-hybridized carbons (Fsp3) is 0.597. The second kappa shape index (κ2) is 69.3. The summed E-state index contributed by atoms with van der Waals surface area (Å²) in [7, 11) is 0. The lowest BCUT2D eigenvalue weighted by atomic mass is 10.1. The second-order valence-corrected chi connectivity index (χ2v) is 21.6. The van der Waals surface area contributed by atoms with Crippen LogP contribution in [0.5, 0.6) is 0 Å². The topological polar surface area (TPSA) is 78.9 Å². The summed E-state index contributed by atoms with van der Waals surface area (Å²) in [5, 5.41) is 0. The summed E-state index contributed by atoms with van der Waals surface area (Å²) in [4.78, 5) is 38.4. The Morgan fingerprint density at radius 3 is 0.783 bits per heavy atom. The Morgan fingerprint density at radius 1 is 0.253 bits per heavy atom. The van der Waals surface area contributed by atoms with Crippen LogP contribution in [0.25, 0.3) is 0 Å². The third-order valence-corrected chi connectivity index (χ3v) is 13.7. The molecule has 0 aliphatic carbocycles. The molecule has 0 N–H and O–H groups in total. The first-order valence-electron chi connectivity index (χ1n) is 33.6. The Balaban J connectivity index is 4.56. The first-order chi connectivity index (χ1) is 41.0. The van der Waals surface area contributed by atoms with Crippen molar-refractivity contribution in [2.45, 2.75) is 284 Å². The highest BCUT2D eigenvalue weighted by molar-refractivity contribution is 5.71. The van der Waals surface area contributed by atoms with Gasteiger partial charge in [-0.1, -0.05) is 274 Å². The fourth-order valence-corrected chi connectivity index (χ4v) is 8.71. The summed E-state index contributed by atoms with van der Waals surface area (Å²) in [6.45, 7) is 6.35. The van der Waals surface area contributed by atoms with E-state index in [1.165, 1.54) is 89.9 Å². The van der Waals surface area contributed by atoms with Crippen LogP contribution in [0.2, 0.25) is 0 Å². The predicted molar refractivity (Wildman–Crippen MR) is 361 cm³/mol. The van der Waals surface area contributed by atoms with Gasteiger partial charge in [-0.2, -0.15) is 0 Å². The highest BCUT2D eigenvalue weighted by Crippen LogP contribution is 2.14. The first-order valence-corrected chi connectivity index (χ1v) is 33.6. The lowest BCUT2D eigenvalue weighted by Gasteiger charge is -2.18. The summed E-state index contributed by atoms with van der Waals surface area (Å²) in [6.07, 6.45) is 102. The van der Waals surface area contributed by atoms with Gasteiger partial charge in [-0.25, -0.2) is 0 Å². The van der Waals surface area contributed by atoms with Gasteiger partial charge in [-0.3, -0.25) is 14.4 Å². The maximum atomic E-state index is 12.9. The Labute approximate surface area is 511 Å².